The summed E-state index contributed by atoms with van der Waals surface area (Å²) < 4.78 is 5.35. The molecule has 0 bridgehead atoms. The summed E-state index contributed by atoms with van der Waals surface area (Å²) in [6.45, 7) is 1.72. The Balaban J connectivity index is 1.69. The molecular weight excluding hydrogens is 300 g/mol. The zero-order valence-electron chi connectivity index (χ0n) is 13.9. The van der Waals surface area contributed by atoms with Crippen LogP contribution >= 0.6 is 0 Å². The van der Waals surface area contributed by atoms with Gasteiger partial charge in [-0.1, -0.05) is 24.3 Å². The van der Waals surface area contributed by atoms with Gasteiger partial charge >= 0.3 is 0 Å². The quantitative estimate of drug-likeness (QED) is 0.944. The number of nitrogens with one attached hydrogen (secondary N) is 1. The van der Waals surface area contributed by atoms with Crippen LogP contribution < -0.4 is 15.0 Å². The first-order chi connectivity index (χ1) is 11.8. The van der Waals surface area contributed by atoms with Crippen molar-refractivity contribution in [1.82, 2.24) is 5.32 Å². The van der Waals surface area contributed by atoms with Crippen molar-refractivity contribution in [1.29, 1.82) is 0 Å². The highest BCUT2D eigenvalue weighted by Gasteiger charge is 2.32. The first kappa shape index (κ1) is 15.2. The van der Waals surface area contributed by atoms with E-state index in [-0.39, 0.29) is 11.9 Å². The molecule has 4 nitrogen and oxygen atoms in total. The molecular formula is C20H22N2O2. The molecule has 1 N–H and O–H groups in total. The van der Waals surface area contributed by atoms with E-state index in [0.29, 0.717) is 0 Å². The van der Waals surface area contributed by atoms with E-state index in [1.165, 1.54) is 11.1 Å². The summed E-state index contributed by atoms with van der Waals surface area (Å²) in [6.07, 6.45) is 2.93. The van der Waals surface area contributed by atoms with Crippen LogP contribution in [0.25, 0.3) is 11.1 Å². The van der Waals surface area contributed by atoms with Crippen molar-refractivity contribution >= 4 is 11.6 Å². The highest BCUT2D eigenvalue weighted by atomic mass is 16.5. The third-order valence-corrected chi connectivity index (χ3v) is 5.03. The molecule has 4 heteroatoms. The molecule has 0 aromatic heterocycles. The molecule has 4 rings (SSSR count). The zero-order chi connectivity index (χ0) is 16.5. The van der Waals surface area contributed by atoms with Crippen molar-refractivity contribution in [2.75, 3.05) is 25.1 Å². The van der Waals surface area contributed by atoms with E-state index in [2.05, 4.69) is 29.6 Å². The molecule has 1 atom stereocenters. The molecule has 124 valence electrons. The Bertz CT molecular complexity index is 766. The largest absolute Gasteiger partial charge is 0.497 e. The van der Waals surface area contributed by atoms with Gasteiger partial charge in [0.25, 0.3) is 0 Å². The van der Waals surface area contributed by atoms with Gasteiger partial charge in [0.1, 0.15) is 5.75 Å². The van der Waals surface area contributed by atoms with Gasteiger partial charge in [-0.05, 0) is 60.7 Å². The first-order valence-electron chi connectivity index (χ1n) is 8.59. The van der Waals surface area contributed by atoms with Crippen molar-refractivity contribution in [2.24, 2.45) is 0 Å². The van der Waals surface area contributed by atoms with Crippen LogP contribution in [0.5, 0.6) is 5.75 Å². The summed E-state index contributed by atoms with van der Waals surface area (Å²) in [4.78, 5) is 14.8. The maximum Gasteiger partial charge on any atom is 0.244 e. The second kappa shape index (κ2) is 6.29. The smallest absolute Gasteiger partial charge is 0.244 e. The second-order valence-electron chi connectivity index (χ2n) is 6.42. The lowest BCUT2D eigenvalue weighted by Gasteiger charge is -2.21. The summed E-state index contributed by atoms with van der Waals surface area (Å²) in [5.41, 5.74) is 4.66. The van der Waals surface area contributed by atoms with Gasteiger partial charge in [0.2, 0.25) is 5.91 Å². The molecule has 2 heterocycles. The molecule has 0 saturated carbocycles. The lowest BCUT2D eigenvalue weighted by atomic mass is 9.97. The monoisotopic (exact) mass is 322 g/mol. The average molecular weight is 322 g/mol. The number of hydrogen-bond donors (Lipinski definition) is 1. The van der Waals surface area contributed by atoms with E-state index in [4.69, 9.17) is 4.74 Å². The number of fused-ring (bicyclic) bond motifs is 1. The SMILES string of the molecule is COc1cccc(-c2cccc3c2CCN3C(=O)C2CCCN2)c1. The molecule has 2 aliphatic heterocycles. The first-order valence-corrected chi connectivity index (χ1v) is 8.59. The van der Waals surface area contributed by atoms with Gasteiger partial charge in [-0.3, -0.25) is 4.79 Å². The van der Waals surface area contributed by atoms with Gasteiger partial charge in [0.15, 0.2) is 0 Å². The number of ether oxygens (including phenoxy) is 1. The van der Waals surface area contributed by atoms with E-state index in [0.717, 1.165) is 49.4 Å². The third kappa shape index (κ3) is 2.57. The van der Waals surface area contributed by atoms with Crippen molar-refractivity contribution in [2.45, 2.75) is 25.3 Å². The Morgan fingerprint density at radius 1 is 1.25 bits per heavy atom. The van der Waals surface area contributed by atoms with Gasteiger partial charge in [-0.25, -0.2) is 0 Å². The Hall–Kier alpha value is -2.33. The van der Waals surface area contributed by atoms with Crippen LogP contribution in [-0.4, -0.2) is 32.1 Å². The number of carbonyl (C=O) groups is 1. The molecule has 2 aromatic carbocycles. The Morgan fingerprint density at radius 3 is 2.92 bits per heavy atom. The Labute approximate surface area is 142 Å². The molecule has 2 aliphatic rings. The summed E-state index contributed by atoms with van der Waals surface area (Å²) in [5, 5.41) is 3.32. The van der Waals surface area contributed by atoms with Crippen LogP contribution in [0.15, 0.2) is 42.5 Å². The lowest BCUT2D eigenvalue weighted by Crippen LogP contribution is -2.42. The standard InChI is InChI=1S/C20H22N2O2/c1-24-15-6-2-5-14(13-15)16-7-3-9-19-17(16)10-12-22(19)20(23)18-8-4-11-21-18/h2-3,5-7,9,13,18,21H,4,8,10-12H2,1H3. The van der Waals surface area contributed by atoms with Crippen LogP contribution in [0.3, 0.4) is 0 Å². The molecule has 2 aromatic rings. The van der Waals surface area contributed by atoms with Gasteiger partial charge in [-0.2, -0.15) is 0 Å². The zero-order valence-corrected chi connectivity index (χ0v) is 13.9. The number of amides is 1. The number of anilines is 1. The minimum atomic E-state index is -0.0172. The van der Waals surface area contributed by atoms with E-state index >= 15 is 0 Å². The van der Waals surface area contributed by atoms with Gasteiger partial charge in [-0.15, -0.1) is 0 Å². The predicted molar refractivity (Wildman–Crippen MR) is 95.5 cm³/mol. The van der Waals surface area contributed by atoms with Crippen LogP contribution in [-0.2, 0) is 11.2 Å². The summed E-state index contributed by atoms with van der Waals surface area (Å²) in [6, 6.07) is 14.3. The van der Waals surface area contributed by atoms with Crippen molar-refractivity contribution in [3.05, 3.63) is 48.0 Å². The van der Waals surface area contributed by atoms with Crippen molar-refractivity contribution < 1.29 is 9.53 Å². The lowest BCUT2D eigenvalue weighted by molar-refractivity contribution is -0.120. The van der Waals surface area contributed by atoms with E-state index in [9.17, 15) is 4.79 Å². The average Bonchev–Trinajstić information content (AvgIpc) is 3.30. The van der Waals surface area contributed by atoms with Crippen LogP contribution in [0, 0.1) is 0 Å². The fraction of sp³-hybridized carbons (Fsp3) is 0.350. The summed E-state index contributed by atoms with van der Waals surface area (Å²) >= 11 is 0. The number of rotatable bonds is 3. The maximum absolute atomic E-state index is 12.8. The topological polar surface area (TPSA) is 41.6 Å². The molecule has 1 amide bonds. The fourth-order valence-corrected chi connectivity index (χ4v) is 3.81. The Kier molecular flexibility index (Phi) is 3.98. The molecule has 1 unspecified atom stereocenters. The third-order valence-electron chi connectivity index (χ3n) is 5.03. The molecule has 0 radical (unpaired) electrons. The molecule has 1 saturated heterocycles. The minimum Gasteiger partial charge on any atom is -0.497 e. The van der Waals surface area contributed by atoms with Crippen LogP contribution in [0.2, 0.25) is 0 Å². The van der Waals surface area contributed by atoms with Crippen LogP contribution in [0.4, 0.5) is 5.69 Å². The minimum absolute atomic E-state index is 0.0172. The normalized spacial score (nSPS) is 19.4. The second-order valence-corrected chi connectivity index (χ2v) is 6.42. The van der Waals surface area contributed by atoms with Crippen LogP contribution in [0.1, 0.15) is 18.4 Å². The number of methoxy groups -OCH3 is 1. The summed E-state index contributed by atoms with van der Waals surface area (Å²) in [5.74, 6) is 1.07. The number of nitrogens with zero attached hydrogens (tertiary/aromatic N) is 1. The Morgan fingerprint density at radius 2 is 2.12 bits per heavy atom. The number of benzene rings is 2. The van der Waals surface area contributed by atoms with E-state index in [1.807, 2.05) is 23.1 Å². The van der Waals surface area contributed by atoms with Gasteiger partial charge in [0, 0.05) is 12.2 Å². The maximum atomic E-state index is 12.8. The summed E-state index contributed by atoms with van der Waals surface area (Å²) in [7, 11) is 1.68. The molecule has 0 aliphatic carbocycles. The predicted octanol–water partition coefficient (Wildman–Crippen LogP) is 3.00. The fourth-order valence-electron chi connectivity index (χ4n) is 3.81. The van der Waals surface area contributed by atoms with E-state index in [1.54, 1.807) is 7.11 Å². The highest BCUT2D eigenvalue weighted by Crippen LogP contribution is 2.37. The molecule has 0 spiro atoms. The van der Waals surface area contributed by atoms with Crippen molar-refractivity contribution in [3.63, 3.8) is 0 Å². The number of carbonyl (C=O) groups excluding carboxylic acids is 1. The van der Waals surface area contributed by atoms with Gasteiger partial charge in [0.05, 0.1) is 13.2 Å². The molecule has 1 fully saturated rings. The van der Waals surface area contributed by atoms with Crippen molar-refractivity contribution in [3.8, 4) is 16.9 Å². The number of hydrogen-bond acceptors (Lipinski definition) is 3. The van der Waals surface area contributed by atoms with Gasteiger partial charge < -0.3 is 15.0 Å². The molecule has 24 heavy (non-hydrogen) atoms. The van der Waals surface area contributed by atoms with E-state index < -0.39 is 0 Å². The highest BCUT2D eigenvalue weighted by molar-refractivity contribution is 6.00.